The standard InChI is InChI=1S/C19H32O3/c1-17(2)9-6-10-19(5)15(17)8-7-13(11-20)16(19)14-12-21-18(3,4)22-14/h14-15,20H,6-12H2,1-5H3/t14?,15-,19-/m0/s1. The van der Waals surface area contributed by atoms with Crippen LogP contribution in [0.1, 0.15) is 66.7 Å². The molecular weight excluding hydrogens is 276 g/mol. The maximum absolute atomic E-state index is 9.93. The molecule has 0 bridgehead atoms. The summed E-state index contributed by atoms with van der Waals surface area (Å²) in [5.41, 5.74) is 3.09. The van der Waals surface area contributed by atoms with E-state index in [1.807, 2.05) is 13.8 Å². The molecule has 2 fully saturated rings. The molecule has 0 aromatic rings. The fourth-order valence-corrected chi connectivity index (χ4v) is 5.60. The van der Waals surface area contributed by atoms with Crippen molar-refractivity contribution in [1.82, 2.24) is 0 Å². The first-order valence-corrected chi connectivity index (χ1v) is 8.85. The van der Waals surface area contributed by atoms with Crippen LogP contribution in [-0.2, 0) is 9.47 Å². The Bertz CT molecular complexity index is 477. The van der Waals surface area contributed by atoms with Crippen molar-refractivity contribution in [2.75, 3.05) is 13.2 Å². The Hall–Kier alpha value is -0.380. The average molecular weight is 308 g/mol. The predicted molar refractivity (Wildman–Crippen MR) is 87.5 cm³/mol. The monoisotopic (exact) mass is 308 g/mol. The van der Waals surface area contributed by atoms with Gasteiger partial charge < -0.3 is 14.6 Å². The summed E-state index contributed by atoms with van der Waals surface area (Å²) in [7, 11) is 0. The van der Waals surface area contributed by atoms with Gasteiger partial charge in [-0.3, -0.25) is 0 Å². The highest BCUT2D eigenvalue weighted by Crippen LogP contribution is 2.60. The quantitative estimate of drug-likeness (QED) is 0.782. The van der Waals surface area contributed by atoms with Crippen LogP contribution in [0.4, 0.5) is 0 Å². The molecule has 1 N–H and O–H groups in total. The zero-order valence-electron chi connectivity index (χ0n) is 14.9. The minimum Gasteiger partial charge on any atom is -0.392 e. The first-order chi connectivity index (χ1) is 10.2. The van der Waals surface area contributed by atoms with E-state index in [2.05, 4.69) is 20.8 Å². The molecule has 22 heavy (non-hydrogen) atoms. The number of ether oxygens (including phenoxy) is 2. The number of hydrogen-bond acceptors (Lipinski definition) is 3. The second kappa shape index (κ2) is 5.32. The third-order valence-corrected chi connectivity index (χ3v) is 6.48. The Morgan fingerprint density at radius 1 is 1.14 bits per heavy atom. The Balaban J connectivity index is 2.01. The minimum absolute atomic E-state index is 0.0128. The summed E-state index contributed by atoms with van der Waals surface area (Å²) in [6, 6.07) is 0. The molecule has 1 aliphatic heterocycles. The summed E-state index contributed by atoms with van der Waals surface area (Å²) in [5, 5.41) is 9.93. The lowest BCUT2D eigenvalue weighted by Gasteiger charge is -2.56. The van der Waals surface area contributed by atoms with E-state index in [0.717, 1.165) is 6.42 Å². The summed E-state index contributed by atoms with van der Waals surface area (Å²) in [5.74, 6) is 0.164. The van der Waals surface area contributed by atoms with E-state index < -0.39 is 5.79 Å². The molecule has 0 radical (unpaired) electrons. The summed E-state index contributed by atoms with van der Waals surface area (Å²) in [6.07, 6.45) is 6.00. The molecule has 0 aromatic carbocycles. The van der Waals surface area contributed by atoms with Gasteiger partial charge in [-0.25, -0.2) is 0 Å². The van der Waals surface area contributed by atoms with Gasteiger partial charge in [0.25, 0.3) is 0 Å². The maximum atomic E-state index is 9.93. The van der Waals surface area contributed by atoms with Crippen molar-refractivity contribution in [3.63, 3.8) is 0 Å². The zero-order chi connectivity index (χ0) is 16.2. The van der Waals surface area contributed by atoms with Gasteiger partial charge in [0, 0.05) is 0 Å². The van der Waals surface area contributed by atoms with Gasteiger partial charge in [0.1, 0.15) is 6.10 Å². The van der Waals surface area contributed by atoms with Crippen molar-refractivity contribution in [2.45, 2.75) is 78.6 Å². The number of aliphatic hydroxyl groups is 1. The molecule has 2 aliphatic carbocycles. The van der Waals surface area contributed by atoms with E-state index in [4.69, 9.17) is 9.47 Å². The Kier molecular flexibility index (Phi) is 3.99. The number of rotatable bonds is 2. The highest BCUT2D eigenvalue weighted by Gasteiger charge is 2.53. The molecule has 0 amide bonds. The molecule has 3 rings (SSSR count). The second-order valence-electron chi connectivity index (χ2n) is 8.84. The molecule has 126 valence electrons. The van der Waals surface area contributed by atoms with Gasteiger partial charge in [0.2, 0.25) is 0 Å². The van der Waals surface area contributed by atoms with E-state index in [9.17, 15) is 5.11 Å². The molecule has 1 saturated heterocycles. The van der Waals surface area contributed by atoms with Gasteiger partial charge >= 0.3 is 0 Å². The van der Waals surface area contributed by atoms with Crippen molar-refractivity contribution in [1.29, 1.82) is 0 Å². The molecule has 3 heteroatoms. The Morgan fingerprint density at radius 2 is 1.86 bits per heavy atom. The van der Waals surface area contributed by atoms with Crippen molar-refractivity contribution < 1.29 is 14.6 Å². The van der Waals surface area contributed by atoms with Crippen LogP contribution in [0.25, 0.3) is 0 Å². The third kappa shape index (κ3) is 2.55. The van der Waals surface area contributed by atoms with Crippen LogP contribution in [0.3, 0.4) is 0 Å². The summed E-state index contributed by atoms with van der Waals surface area (Å²) < 4.78 is 12.0. The topological polar surface area (TPSA) is 38.7 Å². The zero-order valence-corrected chi connectivity index (χ0v) is 14.9. The largest absolute Gasteiger partial charge is 0.392 e. The van der Waals surface area contributed by atoms with E-state index in [0.29, 0.717) is 17.9 Å². The fraction of sp³-hybridized carbons (Fsp3) is 0.895. The smallest absolute Gasteiger partial charge is 0.163 e. The molecule has 3 atom stereocenters. The van der Waals surface area contributed by atoms with Crippen molar-refractivity contribution in [2.24, 2.45) is 16.7 Å². The lowest BCUT2D eigenvalue weighted by molar-refractivity contribution is -0.138. The first kappa shape index (κ1) is 16.5. The average Bonchev–Trinajstić information content (AvgIpc) is 2.76. The second-order valence-corrected chi connectivity index (χ2v) is 8.84. The predicted octanol–water partition coefficient (Wildman–Crippen LogP) is 4.05. The molecule has 3 aliphatic rings. The van der Waals surface area contributed by atoms with Crippen LogP contribution in [0.15, 0.2) is 11.1 Å². The number of aliphatic hydroxyl groups excluding tert-OH is 1. The lowest BCUT2D eigenvalue weighted by Crippen LogP contribution is -2.48. The summed E-state index contributed by atoms with van der Waals surface area (Å²) in [4.78, 5) is 0. The fourth-order valence-electron chi connectivity index (χ4n) is 5.60. The number of hydrogen-bond donors (Lipinski definition) is 1. The summed E-state index contributed by atoms with van der Waals surface area (Å²) in [6.45, 7) is 12.0. The van der Waals surface area contributed by atoms with E-state index in [-0.39, 0.29) is 18.1 Å². The van der Waals surface area contributed by atoms with Crippen LogP contribution in [0.2, 0.25) is 0 Å². The molecular formula is C19H32O3. The van der Waals surface area contributed by atoms with Gasteiger partial charge in [0.15, 0.2) is 5.79 Å². The molecule has 0 spiro atoms. The van der Waals surface area contributed by atoms with Crippen molar-refractivity contribution in [3.05, 3.63) is 11.1 Å². The Labute approximate surface area is 135 Å². The van der Waals surface area contributed by atoms with Crippen molar-refractivity contribution >= 4 is 0 Å². The van der Waals surface area contributed by atoms with Gasteiger partial charge in [-0.1, -0.05) is 27.2 Å². The van der Waals surface area contributed by atoms with Gasteiger partial charge in [-0.05, 0) is 67.4 Å². The Morgan fingerprint density at radius 3 is 2.45 bits per heavy atom. The minimum atomic E-state index is -0.508. The normalized spacial score (nSPS) is 40.6. The molecule has 1 saturated carbocycles. The van der Waals surface area contributed by atoms with E-state index in [1.54, 1.807) is 0 Å². The molecule has 1 heterocycles. The molecule has 3 nitrogen and oxygen atoms in total. The maximum Gasteiger partial charge on any atom is 0.163 e. The van der Waals surface area contributed by atoms with E-state index >= 15 is 0 Å². The SMILES string of the molecule is CC1(C)OCC(C2=C(CO)CC[C@H]3C(C)(C)CCC[C@]23C)O1. The third-order valence-electron chi connectivity index (χ3n) is 6.48. The molecule has 0 aromatic heterocycles. The van der Waals surface area contributed by atoms with Gasteiger partial charge in [-0.15, -0.1) is 0 Å². The van der Waals surface area contributed by atoms with Crippen LogP contribution in [-0.4, -0.2) is 30.2 Å². The first-order valence-electron chi connectivity index (χ1n) is 8.85. The van der Waals surface area contributed by atoms with Gasteiger partial charge in [-0.2, -0.15) is 0 Å². The van der Waals surface area contributed by atoms with Crippen LogP contribution < -0.4 is 0 Å². The van der Waals surface area contributed by atoms with Gasteiger partial charge in [0.05, 0.1) is 13.2 Å². The molecule has 1 unspecified atom stereocenters. The van der Waals surface area contributed by atoms with E-state index in [1.165, 1.54) is 36.8 Å². The van der Waals surface area contributed by atoms with Crippen LogP contribution >= 0.6 is 0 Å². The summed E-state index contributed by atoms with van der Waals surface area (Å²) >= 11 is 0. The highest BCUT2D eigenvalue weighted by atomic mass is 16.7. The number of fused-ring (bicyclic) bond motifs is 1. The van der Waals surface area contributed by atoms with Crippen LogP contribution in [0, 0.1) is 16.7 Å². The lowest BCUT2D eigenvalue weighted by atomic mass is 9.49. The van der Waals surface area contributed by atoms with Crippen LogP contribution in [0.5, 0.6) is 0 Å². The van der Waals surface area contributed by atoms with Crippen molar-refractivity contribution in [3.8, 4) is 0 Å². The highest BCUT2D eigenvalue weighted by molar-refractivity contribution is 5.32.